The second kappa shape index (κ2) is 9.64. The fourth-order valence-electron chi connectivity index (χ4n) is 2.68. The first-order valence-corrected chi connectivity index (χ1v) is 10.8. The van der Waals surface area contributed by atoms with Crippen molar-refractivity contribution in [1.29, 1.82) is 0 Å². The van der Waals surface area contributed by atoms with Gasteiger partial charge in [0.15, 0.2) is 0 Å². The van der Waals surface area contributed by atoms with Gasteiger partial charge in [-0.1, -0.05) is 35.0 Å². The maximum absolute atomic E-state index is 10.7. The molecular weight excluding hydrogens is 445 g/mol. The van der Waals surface area contributed by atoms with E-state index >= 15 is 0 Å². The van der Waals surface area contributed by atoms with Crippen molar-refractivity contribution >= 4 is 52.0 Å². The molecule has 2 heterocycles. The van der Waals surface area contributed by atoms with E-state index in [9.17, 15) is 15.3 Å². The number of ether oxygens (including phenoxy) is 1. The minimum atomic E-state index is -1.15. The highest BCUT2D eigenvalue weighted by molar-refractivity contribution is 7.99. The molecule has 1 aliphatic heterocycles. The van der Waals surface area contributed by atoms with Gasteiger partial charge in [-0.15, -0.1) is 11.3 Å². The second-order valence-corrected chi connectivity index (χ2v) is 8.91. The Morgan fingerprint density at radius 3 is 2.75 bits per heavy atom. The van der Waals surface area contributed by atoms with Crippen molar-refractivity contribution in [3.63, 3.8) is 0 Å². The summed E-state index contributed by atoms with van der Waals surface area (Å²) in [5.74, 6) is 0. The van der Waals surface area contributed by atoms with E-state index in [1.165, 1.54) is 29.3 Å². The van der Waals surface area contributed by atoms with Crippen LogP contribution in [0.25, 0.3) is 5.70 Å². The molecule has 1 aromatic carbocycles. The Hall–Kier alpha value is -1.04. The minimum absolute atomic E-state index is 0.370. The van der Waals surface area contributed by atoms with Gasteiger partial charge in [0.05, 0.1) is 28.4 Å². The van der Waals surface area contributed by atoms with Crippen molar-refractivity contribution in [2.75, 3.05) is 6.61 Å². The van der Waals surface area contributed by atoms with Crippen LogP contribution in [-0.4, -0.2) is 56.7 Å². The molecule has 11 heteroatoms. The third-order valence-electron chi connectivity index (χ3n) is 4.14. The number of halogens is 2. The van der Waals surface area contributed by atoms with Gasteiger partial charge in [0.2, 0.25) is 0 Å². The molecule has 0 bridgehead atoms. The minimum Gasteiger partial charge on any atom is -0.395 e. The first-order valence-electron chi connectivity index (χ1n) is 8.26. The van der Waals surface area contributed by atoms with E-state index in [-0.39, 0.29) is 0 Å². The number of benzene rings is 1. The molecule has 0 amide bonds. The van der Waals surface area contributed by atoms with Gasteiger partial charge in [0.25, 0.3) is 0 Å². The van der Waals surface area contributed by atoms with E-state index in [4.69, 9.17) is 33.7 Å². The highest BCUT2D eigenvalue weighted by Crippen LogP contribution is 2.36. The molecule has 1 aromatic heterocycles. The molecular formula is C17H19Cl2N3O4S2. The lowest BCUT2D eigenvalue weighted by atomic mass is 9.97. The van der Waals surface area contributed by atoms with Crippen LogP contribution < -0.4 is 11.1 Å². The Balaban J connectivity index is 1.76. The molecule has 0 saturated carbocycles. The average molecular weight is 464 g/mol. The number of nitrogens with zero attached hydrogens (tertiary/aromatic N) is 1. The van der Waals surface area contributed by atoms with Gasteiger partial charge in [-0.25, -0.2) is 4.98 Å². The van der Waals surface area contributed by atoms with Crippen LogP contribution in [0.1, 0.15) is 5.01 Å². The first kappa shape index (κ1) is 21.7. The summed E-state index contributed by atoms with van der Waals surface area (Å²) in [5.41, 5.74) is 5.58. The fourth-order valence-corrected chi connectivity index (χ4v) is 4.72. The topological polar surface area (TPSA) is 121 Å². The molecule has 5 unspecified atom stereocenters. The molecule has 1 aliphatic rings. The summed E-state index contributed by atoms with van der Waals surface area (Å²) >= 11 is 14.6. The number of thiazole rings is 1. The molecule has 1 saturated heterocycles. The molecule has 3 rings (SSSR count). The van der Waals surface area contributed by atoms with Crippen LogP contribution in [0.5, 0.6) is 0 Å². The summed E-state index contributed by atoms with van der Waals surface area (Å²) in [6.45, 7) is -0.407. The van der Waals surface area contributed by atoms with Crippen LogP contribution in [0.2, 0.25) is 10.0 Å². The van der Waals surface area contributed by atoms with E-state index in [2.05, 4.69) is 10.3 Å². The van der Waals surface area contributed by atoms with E-state index in [1.807, 2.05) is 0 Å². The monoisotopic (exact) mass is 463 g/mol. The maximum atomic E-state index is 10.7. The summed E-state index contributed by atoms with van der Waals surface area (Å²) in [6, 6.07) is 4.24. The van der Waals surface area contributed by atoms with Gasteiger partial charge >= 0.3 is 0 Å². The summed E-state index contributed by atoms with van der Waals surface area (Å²) in [6.07, 6.45) is -0.0135. The summed E-state index contributed by atoms with van der Waals surface area (Å²) in [5, 5.41) is 36.9. The number of nitrogens with two attached hydrogens (primary N) is 1. The normalized spacial score (nSPS) is 28.3. The molecule has 2 aromatic rings. The average Bonchev–Trinajstić information content (AvgIpc) is 3.21. The van der Waals surface area contributed by atoms with Gasteiger partial charge in [-0.2, -0.15) is 0 Å². The Morgan fingerprint density at radius 2 is 2.11 bits per heavy atom. The summed E-state index contributed by atoms with van der Waals surface area (Å²) < 4.78 is 5.68. The zero-order valence-electron chi connectivity index (χ0n) is 14.4. The summed E-state index contributed by atoms with van der Waals surface area (Å²) in [4.78, 5) is 4.83. The molecule has 1 fully saturated rings. The van der Waals surface area contributed by atoms with Gasteiger partial charge < -0.3 is 31.1 Å². The third-order valence-corrected chi connectivity index (χ3v) is 6.85. The Kier molecular flexibility index (Phi) is 7.46. The Morgan fingerprint density at radius 1 is 1.32 bits per heavy atom. The molecule has 6 N–H and O–H groups in total. The smallest absolute Gasteiger partial charge is 0.140 e. The van der Waals surface area contributed by atoms with E-state index in [0.29, 0.717) is 20.7 Å². The van der Waals surface area contributed by atoms with Crippen LogP contribution >= 0.6 is 46.3 Å². The van der Waals surface area contributed by atoms with Crippen LogP contribution in [0.4, 0.5) is 0 Å². The second-order valence-electron chi connectivity index (χ2n) is 6.03. The largest absolute Gasteiger partial charge is 0.395 e. The first-order chi connectivity index (χ1) is 13.4. The number of nitrogens with one attached hydrogen (secondary N) is 1. The van der Waals surface area contributed by atoms with Gasteiger partial charge in [-0.3, -0.25) is 0 Å². The third kappa shape index (κ3) is 4.92. The number of hydrogen-bond acceptors (Lipinski definition) is 9. The fraction of sp³-hybridized carbons (Fsp3) is 0.353. The van der Waals surface area contributed by atoms with Crippen LogP contribution in [0.15, 0.2) is 40.9 Å². The van der Waals surface area contributed by atoms with Crippen molar-refractivity contribution in [1.82, 2.24) is 10.3 Å². The SMILES string of the molecule is N/C(=C\NC1C(O)C(CO)OC(Sc2ccc(Cl)c(Cl)c2)C1O)c1nccs1. The zero-order valence-corrected chi connectivity index (χ0v) is 17.5. The van der Waals surface area contributed by atoms with Crippen LogP contribution in [0, 0.1) is 0 Å². The van der Waals surface area contributed by atoms with Crippen LogP contribution in [-0.2, 0) is 4.74 Å². The van der Waals surface area contributed by atoms with Gasteiger partial charge in [0, 0.05) is 22.7 Å². The Bertz CT molecular complexity index is 825. The quantitative estimate of drug-likeness (QED) is 0.440. The maximum Gasteiger partial charge on any atom is 0.140 e. The molecule has 0 radical (unpaired) electrons. The Labute approximate surface area is 180 Å². The standard InChI is InChI=1S/C17H19Cl2N3O4S2/c18-9-2-1-8(5-10(9)19)28-17-15(25)13(14(24)12(7-23)26-17)22-6-11(20)16-21-3-4-27-16/h1-6,12-15,17,22-25H,7,20H2/b11-6-. The van der Waals surface area contributed by atoms with Crippen LogP contribution in [0.3, 0.4) is 0 Å². The number of thioether (sulfide) groups is 1. The van der Waals surface area contributed by atoms with Gasteiger partial charge in [0.1, 0.15) is 28.8 Å². The predicted molar refractivity (Wildman–Crippen MR) is 111 cm³/mol. The zero-order chi connectivity index (χ0) is 20.3. The lowest BCUT2D eigenvalue weighted by Gasteiger charge is -2.42. The molecule has 5 atom stereocenters. The highest BCUT2D eigenvalue weighted by Gasteiger charge is 2.44. The number of hydrogen-bond donors (Lipinski definition) is 5. The predicted octanol–water partition coefficient (Wildman–Crippen LogP) is 1.90. The highest BCUT2D eigenvalue weighted by atomic mass is 35.5. The van der Waals surface area contributed by atoms with Crippen molar-refractivity contribution in [3.05, 3.63) is 51.0 Å². The molecule has 7 nitrogen and oxygen atoms in total. The van der Waals surface area contributed by atoms with Gasteiger partial charge in [-0.05, 0) is 18.2 Å². The molecule has 28 heavy (non-hydrogen) atoms. The van der Waals surface area contributed by atoms with Crippen molar-refractivity contribution < 1.29 is 20.1 Å². The number of aliphatic hydroxyl groups is 3. The lowest BCUT2D eigenvalue weighted by Crippen LogP contribution is -2.62. The molecule has 0 spiro atoms. The van der Waals surface area contributed by atoms with E-state index < -0.39 is 36.4 Å². The number of aliphatic hydroxyl groups excluding tert-OH is 3. The number of rotatable bonds is 6. The van der Waals surface area contributed by atoms with E-state index in [0.717, 1.165) is 4.90 Å². The lowest BCUT2D eigenvalue weighted by molar-refractivity contribution is -0.164. The van der Waals surface area contributed by atoms with Crippen molar-refractivity contribution in [3.8, 4) is 0 Å². The summed E-state index contributed by atoms with van der Waals surface area (Å²) in [7, 11) is 0. The molecule has 0 aliphatic carbocycles. The van der Waals surface area contributed by atoms with Crippen molar-refractivity contribution in [2.24, 2.45) is 5.73 Å². The van der Waals surface area contributed by atoms with Crippen molar-refractivity contribution in [2.45, 2.75) is 34.7 Å². The van der Waals surface area contributed by atoms with E-state index in [1.54, 1.807) is 29.8 Å². The number of aromatic nitrogens is 1. The molecule has 152 valence electrons.